The fourth-order valence-corrected chi connectivity index (χ4v) is 2.64. The summed E-state index contributed by atoms with van der Waals surface area (Å²) in [6.07, 6.45) is 3.64. The maximum Gasteiger partial charge on any atom is 0.0408 e. The number of hydrogen-bond acceptors (Lipinski definition) is 2. The number of nitrogens with one attached hydrogen (secondary N) is 1. The van der Waals surface area contributed by atoms with Crippen molar-refractivity contribution in [2.24, 2.45) is 0 Å². The summed E-state index contributed by atoms with van der Waals surface area (Å²) in [6, 6.07) is 8.92. The second-order valence-electron chi connectivity index (χ2n) is 4.78. The monoisotopic (exact) mass is 252 g/mol. The Bertz CT molecular complexity index is 346. The van der Waals surface area contributed by atoms with E-state index < -0.39 is 0 Å². The average molecular weight is 253 g/mol. The summed E-state index contributed by atoms with van der Waals surface area (Å²) >= 11 is 5.98. The molecule has 0 radical (unpaired) electrons. The lowest BCUT2D eigenvalue weighted by atomic mass is 10.0. The lowest BCUT2D eigenvalue weighted by Gasteiger charge is -2.31. The van der Waals surface area contributed by atoms with Crippen LogP contribution in [0.25, 0.3) is 0 Å². The predicted molar refractivity (Wildman–Crippen MR) is 73.7 cm³/mol. The Balaban J connectivity index is 1.76. The number of benzene rings is 1. The molecule has 94 valence electrons. The van der Waals surface area contributed by atoms with E-state index in [4.69, 9.17) is 11.6 Å². The van der Waals surface area contributed by atoms with Gasteiger partial charge in [-0.1, -0.05) is 23.7 Å². The highest BCUT2D eigenvalue weighted by Gasteiger charge is 2.16. The summed E-state index contributed by atoms with van der Waals surface area (Å²) in [5.41, 5.74) is 1.34. The minimum absolute atomic E-state index is 0.720. The van der Waals surface area contributed by atoms with Crippen LogP contribution in [-0.4, -0.2) is 37.6 Å². The molecule has 0 amide bonds. The Morgan fingerprint density at radius 2 is 2.12 bits per heavy atom. The zero-order valence-electron chi connectivity index (χ0n) is 10.5. The van der Waals surface area contributed by atoms with E-state index in [1.807, 2.05) is 12.1 Å². The van der Waals surface area contributed by atoms with Crippen molar-refractivity contribution in [2.45, 2.75) is 25.3 Å². The highest BCUT2D eigenvalue weighted by atomic mass is 35.5. The van der Waals surface area contributed by atoms with Crippen LogP contribution in [0.2, 0.25) is 5.02 Å². The predicted octanol–water partition coefficient (Wildman–Crippen LogP) is 2.57. The molecule has 1 N–H and O–H groups in total. The highest BCUT2D eigenvalue weighted by molar-refractivity contribution is 6.30. The largest absolute Gasteiger partial charge is 0.317 e. The molecule has 0 atom stereocenters. The summed E-state index contributed by atoms with van der Waals surface area (Å²) < 4.78 is 0. The van der Waals surface area contributed by atoms with Crippen LogP contribution in [0.5, 0.6) is 0 Å². The molecule has 2 rings (SSSR count). The van der Waals surface area contributed by atoms with Crippen LogP contribution >= 0.6 is 11.6 Å². The second kappa shape index (κ2) is 6.39. The van der Waals surface area contributed by atoms with E-state index >= 15 is 0 Å². The Morgan fingerprint density at radius 3 is 2.76 bits per heavy atom. The van der Waals surface area contributed by atoms with E-state index in [2.05, 4.69) is 29.4 Å². The third-order valence-corrected chi connectivity index (χ3v) is 3.84. The van der Waals surface area contributed by atoms with Crippen LogP contribution < -0.4 is 5.32 Å². The van der Waals surface area contributed by atoms with Crippen molar-refractivity contribution in [3.05, 3.63) is 34.9 Å². The first-order chi connectivity index (χ1) is 8.28. The van der Waals surface area contributed by atoms with Crippen LogP contribution in [0.1, 0.15) is 18.4 Å². The standard InChI is InChI=1S/C14H21ClN2/c1-16-14-6-9-17(10-7-14)8-5-12-3-2-4-13(15)11-12/h2-4,11,14,16H,5-10H2,1H3. The minimum Gasteiger partial charge on any atom is -0.317 e. The molecule has 1 aromatic carbocycles. The van der Waals surface area contributed by atoms with Crippen LogP contribution in [0.15, 0.2) is 24.3 Å². The van der Waals surface area contributed by atoms with Gasteiger partial charge in [0, 0.05) is 17.6 Å². The number of halogens is 1. The smallest absolute Gasteiger partial charge is 0.0408 e. The van der Waals surface area contributed by atoms with Crippen molar-refractivity contribution >= 4 is 11.6 Å². The Morgan fingerprint density at radius 1 is 1.35 bits per heavy atom. The van der Waals surface area contributed by atoms with Gasteiger partial charge in [0.1, 0.15) is 0 Å². The molecule has 0 spiro atoms. The van der Waals surface area contributed by atoms with Gasteiger partial charge in [0.15, 0.2) is 0 Å². The molecule has 0 unspecified atom stereocenters. The average Bonchev–Trinajstić information content (AvgIpc) is 2.37. The number of hydrogen-bond donors (Lipinski definition) is 1. The van der Waals surface area contributed by atoms with Gasteiger partial charge in [-0.3, -0.25) is 0 Å². The molecular weight excluding hydrogens is 232 g/mol. The molecule has 1 fully saturated rings. The third kappa shape index (κ3) is 3.98. The van der Waals surface area contributed by atoms with Gasteiger partial charge < -0.3 is 10.2 Å². The molecule has 1 aliphatic heterocycles. The zero-order chi connectivity index (χ0) is 12.1. The van der Waals surface area contributed by atoms with Crippen molar-refractivity contribution in [3.8, 4) is 0 Å². The normalized spacial score (nSPS) is 18.5. The van der Waals surface area contributed by atoms with Gasteiger partial charge in [-0.15, -0.1) is 0 Å². The molecule has 0 aromatic heterocycles. The van der Waals surface area contributed by atoms with Crippen LogP contribution in [0, 0.1) is 0 Å². The maximum absolute atomic E-state index is 5.98. The molecule has 1 aromatic rings. The van der Waals surface area contributed by atoms with Crippen molar-refractivity contribution < 1.29 is 0 Å². The molecule has 1 heterocycles. The van der Waals surface area contributed by atoms with Crippen LogP contribution in [0.3, 0.4) is 0 Å². The molecular formula is C14H21ClN2. The van der Waals surface area contributed by atoms with E-state index in [-0.39, 0.29) is 0 Å². The first kappa shape index (κ1) is 12.9. The summed E-state index contributed by atoms with van der Waals surface area (Å²) in [6.45, 7) is 3.58. The Hall–Kier alpha value is -0.570. The number of likely N-dealkylation sites (tertiary alicyclic amines) is 1. The quantitative estimate of drug-likeness (QED) is 0.886. The zero-order valence-corrected chi connectivity index (χ0v) is 11.2. The molecule has 1 saturated heterocycles. The molecule has 0 bridgehead atoms. The molecule has 1 aliphatic rings. The van der Waals surface area contributed by atoms with Crippen LogP contribution in [-0.2, 0) is 6.42 Å². The second-order valence-corrected chi connectivity index (χ2v) is 5.22. The highest BCUT2D eigenvalue weighted by Crippen LogP contribution is 2.13. The summed E-state index contributed by atoms with van der Waals surface area (Å²) in [7, 11) is 2.06. The van der Waals surface area contributed by atoms with Gasteiger partial charge in [0.05, 0.1) is 0 Å². The Labute approximate surface area is 109 Å². The third-order valence-electron chi connectivity index (χ3n) is 3.60. The van der Waals surface area contributed by atoms with E-state index in [1.165, 1.54) is 31.5 Å². The van der Waals surface area contributed by atoms with Gasteiger partial charge in [-0.05, 0) is 57.1 Å². The van der Waals surface area contributed by atoms with E-state index in [0.717, 1.165) is 24.0 Å². The lowest BCUT2D eigenvalue weighted by Crippen LogP contribution is -2.41. The molecule has 17 heavy (non-hydrogen) atoms. The SMILES string of the molecule is CNC1CCN(CCc2cccc(Cl)c2)CC1. The van der Waals surface area contributed by atoms with Gasteiger partial charge in [-0.2, -0.15) is 0 Å². The summed E-state index contributed by atoms with van der Waals surface area (Å²) in [5.74, 6) is 0. The van der Waals surface area contributed by atoms with E-state index in [0.29, 0.717) is 0 Å². The Kier molecular flexibility index (Phi) is 4.84. The fraction of sp³-hybridized carbons (Fsp3) is 0.571. The van der Waals surface area contributed by atoms with Gasteiger partial charge in [0.2, 0.25) is 0 Å². The van der Waals surface area contributed by atoms with Crippen molar-refractivity contribution in [2.75, 3.05) is 26.7 Å². The number of nitrogens with zero attached hydrogens (tertiary/aromatic N) is 1. The maximum atomic E-state index is 5.98. The minimum atomic E-state index is 0.720. The molecule has 2 nitrogen and oxygen atoms in total. The van der Waals surface area contributed by atoms with Gasteiger partial charge >= 0.3 is 0 Å². The first-order valence-electron chi connectivity index (χ1n) is 6.42. The lowest BCUT2D eigenvalue weighted by molar-refractivity contribution is 0.204. The molecule has 3 heteroatoms. The molecule has 0 aliphatic carbocycles. The van der Waals surface area contributed by atoms with Crippen LogP contribution in [0.4, 0.5) is 0 Å². The van der Waals surface area contributed by atoms with Gasteiger partial charge in [-0.25, -0.2) is 0 Å². The van der Waals surface area contributed by atoms with Crippen molar-refractivity contribution in [1.82, 2.24) is 10.2 Å². The van der Waals surface area contributed by atoms with Gasteiger partial charge in [0.25, 0.3) is 0 Å². The fourth-order valence-electron chi connectivity index (χ4n) is 2.42. The first-order valence-corrected chi connectivity index (χ1v) is 6.80. The summed E-state index contributed by atoms with van der Waals surface area (Å²) in [4.78, 5) is 2.55. The summed E-state index contributed by atoms with van der Waals surface area (Å²) in [5, 5.41) is 4.21. The topological polar surface area (TPSA) is 15.3 Å². The van der Waals surface area contributed by atoms with Crippen molar-refractivity contribution in [3.63, 3.8) is 0 Å². The van der Waals surface area contributed by atoms with Crippen molar-refractivity contribution in [1.29, 1.82) is 0 Å². The molecule has 0 saturated carbocycles. The van der Waals surface area contributed by atoms with E-state index in [1.54, 1.807) is 0 Å². The number of rotatable bonds is 4. The van der Waals surface area contributed by atoms with E-state index in [9.17, 15) is 0 Å². The number of piperidine rings is 1.